The molecule has 3 aromatic rings. The zero-order chi connectivity index (χ0) is 30.3. The molecule has 3 heterocycles. The van der Waals surface area contributed by atoms with Gasteiger partial charge in [-0.05, 0) is 77.1 Å². The molecule has 2 aliphatic rings. The maximum absolute atomic E-state index is 12.4. The van der Waals surface area contributed by atoms with Crippen LogP contribution in [0.4, 0.5) is 10.5 Å². The number of carbonyl (C=O) groups is 1. The predicted molar refractivity (Wildman–Crippen MR) is 172 cm³/mol. The summed E-state index contributed by atoms with van der Waals surface area (Å²) >= 11 is 0. The van der Waals surface area contributed by atoms with Crippen molar-refractivity contribution in [3.63, 3.8) is 0 Å². The van der Waals surface area contributed by atoms with E-state index in [4.69, 9.17) is 14.5 Å². The van der Waals surface area contributed by atoms with Crippen molar-refractivity contribution in [3.05, 3.63) is 42.1 Å². The molecule has 0 bridgehead atoms. The first-order chi connectivity index (χ1) is 20.8. The van der Waals surface area contributed by atoms with E-state index in [1.54, 1.807) is 7.11 Å². The molecular formula is C34H50N6O3. The first-order valence-corrected chi connectivity index (χ1v) is 16.2. The summed E-state index contributed by atoms with van der Waals surface area (Å²) in [5, 5.41) is 2.84. The number of rotatable bonds is 12. The van der Waals surface area contributed by atoms with Gasteiger partial charge in [-0.2, -0.15) is 0 Å². The van der Waals surface area contributed by atoms with Crippen LogP contribution in [-0.2, 0) is 11.2 Å². The first-order valence-electron chi connectivity index (χ1n) is 16.2. The third-order valence-electron chi connectivity index (χ3n) is 9.40. The van der Waals surface area contributed by atoms with Gasteiger partial charge >= 0.3 is 6.09 Å². The summed E-state index contributed by atoms with van der Waals surface area (Å²) in [7, 11) is 3.84. The molecule has 1 amide bonds. The number of nitrogens with zero attached hydrogens (tertiary/aromatic N) is 5. The number of nitrogens with one attached hydrogen (secondary N) is 1. The minimum Gasteiger partial charge on any atom is -0.495 e. The van der Waals surface area contributed by atoms with E-state index in [-0.39, 0.29) is 6.10 Å². The van der Waals surface area contributed by atoms with Crippen LogP contribution in [0.15, 0.2) is 30.6 Å². The summed E-state index contributed by atoms with van der Waals surface area (Å²) in [6.07, 6.45) is 12.5. The van der Waals surface area contributed by atoms with Crippen LogP contribution in [0.2, 0.25) is 0 Å². The van der Waals surface area contributed by atoms with Gasteiger partial charge in [-0.15, -0.1) is 0 Å². The van der Waals surface area contributed by atoms with Gasteiger partial charge in [-0.1, -0.05) is 32.3 Å². The summed E-state index contributed by atoms with van der Waals surface area (Å²) in [6, 6.07) is 5.77. The number of amides is 1. The largest absolute Gasteiger partial charge is 0.495 e. The number of methoxy groups -OCH3 is 1. The Balaban J connectivity index is 1.25. The molecule has 5 rings (SSSR count). The smallest absolute Gasteiger partial charge is 0.412 e. The molecule has 2 unspecified atom stereocenters. The molecule has 234 valence electrons. The van der Waals surface area contributed by atoms with Gasteiger partial charge in [0, 0.05) is 50.6 Å². The molecule has 1 aliphatic carbocycles. The summed E-state index contributed by atoms with van der Waals surface area (Å²) < 4.78 is 13.4. The molecule has 1 aliphatic heterocycles. The highest BCUT2D eigenvalue weighted by atomic mass is 16.6. The first kappa shape index (κ1) is 31.3. The van der Waals surface area contributed by atoms with Crippen LogP contribution in [0.1, 0.15) is 70.3 Å². The number of aryl methyl sites for hydroxylation is 2. The van der Waals surface area contributed by atoms with Crippen molar-refractivity contribution in [2.75, 3.05) is 52.2 Å². The Hall–Kier alpha value is -3.17. The van der Waals surface area contributed by atoms with Crippen molar-refractivity contribution in [2.24, 2.45) is 11.8 Å². The summed E-state index contributed by atoms with van der Waals surface area (Å²) in [5.41, 5.74) is 4.35. The second-order valence-electron chi connectivity index (χ2n) is 12.7. The highest BCUT2D eigenvalue weighted by molar-refractivity contribution is 5.89. The molecule has 2 aromatic heterocycles. The SMILES string of the molecule is CCC[C@H](C)OC(=O)Nc1ccc(-c2nc(CCC3CCC(CCN4CCN(C)CC4)C3)n3ccnc(C)c23)cc1OC. The molecule has 0 spiro atoms. The summed E-state index contributed by atoms with van der Waals surface area (Å²) in [5.74, 6) is 3.26. The Morgan fingerprint density at radius 2 is 1.91 bits per heavy atom. The van der Waals surface area contributed by atoms with E-state index in [0.717, 1.165) is 65.8 Å². The number of anilines is 1. The van der Waals surface area contributed by atoms with Gasteiger partial charge < -0.3 is 19.3 Å². The van der Waals surface area contributed by atoms with E-state index < -0.39 is 6.09 Å². The van der Waals surface area contributed by atoms with Crippen LogP contribution < -0.4 is 10.1 Å². The van der Waals surface area contributed by atoms with Crippen molar-refractivity contribution in [1.29, 1.82) is 0 Å². The molecule has 1 saturated carbocycles. The number of fused-ring (bicyclic) bond motifs is 1. The van der Waals surface area contributed by atoms with Crippen LogP contribution in [0.5, 0.6) is 5.75 Å². The van der Waals surface area contributed by atoms with Crippen LogP contribution in [-0.4, -0.2) is 83.2 Å². The van der Waals surface area contributed by atoms with Crippen LogP contribution in [0.25, 0.3) is 16.8 Å². The van der Waals surface area contributed by atoms with Crippen LogP contribution >= 0.6 is 0 Å². The Labute approximate surface area is 257 Å². The van der Waals surface area contributed by atoms with E-state index in [2.05, 4.69) is 38.5 Å². The van der Waals surface area contributed by atoms with Crippen LogP contribution in [0, 0.1) is 18.8 Å². The second-order valence-corrected chi connectivity index (χ2v) is 12.7. The lowest BCUT2D eigenvalue weighted by atomic mass is 9.98. The fraction of sp³-hybridized carbons (Fsp3) is 0.618. The van der Waals surface area contributed by atoms with Gasteiger partial charge in [0.25, 0.3) is 0 Å². The van der Waals surface area contributed by atoms with E-state index in [9.17, 15) is 4.79 Å². The lowest BCUT2D eigenvalue weighted by Gasteiger charge is -2.32. The second kappa shape index (κ2) is 14.5. The molecule has 1 N–H and O–H groups in total. The Kier molecular flexibility index (Phi) is 10.6. The number of benzene rings is 1. The van der Waals surface area contributed by atoms with Gasteiger partial charge in [0.1, 0.15) is 17.7 Å². The lowest BCUT2D eigenvalue weighted by molar-refractivity contribution is 0.115. The molecule has 9 nitrogen and oxygen atoms in total. The third-order valence-corrected chi connectivity index (χ3v) is 9.40. The third kappa shape index (κ3) is 7.87. The van der Waals surface area contributed by atoms with Gasteiger partial charge in [0.05, 0.1) is 29.7 Å². The maximum atomic E-state index is 12.4. The Bertz CT molecular complexity index is 1370. The van der Waals surface area contributed by atoms with Gasteiger partial charge in [0.15, 0.2) is 0 Å². The minimum absolute atomic E-state index is 0.140. The molecule has 0 radical (unpaired) electrons. The highest BCUT2D eigenvalue weighted by Crippen LogP contribution is 2.37. The molecule has 3 atom stereocenters. The van der Waals surface area contributed by atoms with E-state index in [1.807, 2.05) is 44.4 Å². The maximum Gasteiger partial charge on any atom is 0.412 e. The summed E-state index contributed by atoms with van der Waals surface area (Å²) in [6.45, 7) is 12.1. The highest BCUT2D eigenvalue weighted by Gasteiger charge is 2.26. The minimum atomic E-state index is -0.477. The lowest BCUT2D eigenvalue weighted by Crippen LogP contribution is -2.44. The molecule has 2 fully saturated rings. The van der Waals surface area contributed by atoms with Gasteiger partial charge in [-0.25, -0.2) is 9.78 Å². The molecule has 1 aromatic carbocycles. The number of hydrogen-bond donors (Lipinski definition) is 1. The van der Waals surface area contributed by atoms with Crippen LogP contribution in [0.3, 0.4) is 0 Å². The number of hydrogen-bond acceptors (Lipinski definition) is 7. The number of likely N-dealkylation sites (N-methyl/N-ethyl adjacent to an activating group) is 1. The number of aromatic nitrogens is 3. The summed E-state index contributed by atoms with van der Waals surface area (Å²) in [4.78, 5) is 27.3. The van der Waals surface area contributed by atoms with Crippen molar-refractivity contribution < 1.29 is 14.3 Å². The van der Waals surface area contributed by atoms with E-state index >= 15 is 0 Å². The topological polar surface area (TPSA) is 84.2 Å². The van der Waals surface area contributed by atoms with E-state index in [0.29, 0.717) is 11.4 Å². The number of ether oxygens (including phenoxy) is 2. The molecular weight excluding hydrogens is 540 g/mol. The van der Waals surface area contributed by atoms with Crippen molar-refractivity contribution in [1.82, 2.24) is 24.2 Å². The fourth-order valence-corrected chi connectivity index (χ4v) is 6.84. The van der Waals surface area contributed by atoms with Crippen molar-refractivity contribution in [3.8, 4) is 17.0 Å². The standard InChI is InChI=1S/C34H50N6O3/c1-6-7-24(2)43-34(41)36-29-12-11-28(23-30(29)42-5)32-33-25(3)35-15-17-40(33)31(37-32)13-10-26-8-9-27(22-26)14-16-39-20-18-38(4)19-21-39/h11-12,15,17,23-24,26-27H,6-10,13-14,16,18-22H2,1-5H3,(H,36,41)/t24-,26?,27?/m0/s1. The normalized spacial score (nSPS) is 20.4. The quantitative estimate of drug-likeness (QED) is 0.260. The predicted octanol–water partition coefficient (Wildman–Crippen LogP) is 6.44. The number of piperazine rings is 1. The molecule has 43 heavy (non-hydrogen) atoms. The number of imidazole rings is 1. The van der Waals surface area contributed by atoms with Crippen molar-refractivity contribution in [2.45, 2.75) is 78.2 Å². The molecule has 9 heteroatoms. The number of carbonyl (C=O) groups excluding carboxylic acids is 1. The Morgan fingerprint density at radius 3 is 2.65 bits per heavy atom. The average Bonchev–Trinajstić information content (AvgIpc) is 3.61. The molecule has 1 saturated heterocycles. The fourth-order valence-electron chi connectivity index (χ4n) is 6.84. The van der Waals surface area contributed by atoms with Gasteiger partial charge in [-0.3, -0.25) is 14.7 Å². The Morgan fingerprint density at radius 1 is 1.14 bits per heavy atom. The van der Waals surface area contributed by atoms with E-state index in [1.165, 1.54) is 58.4 Å². The van der Waals surface area contributed by atoms with Gasteiger partial charge in [0.2, 0.25) is 0 Å². The zero-order valence-electron chi connectivity index (χ0n) is 26.8. The zero-order valence-corrected chi connectivity index (χ0v) is 26.8. The average molecular weight is 591 g/mol. The monoisotopic (exact) mass is 590 g/mol. The van der Waals surface area contributed by atoms with Crippen molar-refractivity contribution >= 4 is 17.3 Å².